The minimum atomic E-state index is -1.59. The minimum absolute atomic E-state index is 0.230. The zero-order chi connectivity index (χ0) is 13.8. The number of hydrogen-bond donors (Lipinski definition) is 1. The van der Waals surface area contributed by atoms with Gasteiger partial charge in [0.2, 0.25) is 5.79 Å². The van der Waals surface area contributed by atoms with Crippen molar-refractivity contribution in [2.75, 3.05) is 13.2 Å². The number of carbonyl (C=O) groups excluding carboxylic acids is 1. The summed E-state index contributed by atoms with van der Waals surface area (Å²) in [7, 11) is 0. The maximum Gasteiger partial charge on any atom is 0.311 e. The van der Waals surface area contributed by atoms with Crippen molar-refractivity contribution in [3.63, 3.8) is 0 Å². The molecule has 0 saturated carbocycles. The standard InChI is InChI=1S/C13H22O5/c1-5-7-16-10-6-8-17-13(10,15)9-11(14)18-12(2,3)4/h5,10,15H,1,6-9H2,2-4H3. The van der Waals surface area contributed by atoms with Gasteiger partial charge in [-0.3, -0.25) is 4.79 Å². The summed E-state index contributed by atoms with van der Waals surface area (Å²) >= 11 is 0. The molecule has 5 heteroatoms. The molecular weight excluding hydrogens is 236 g/mol. The van der Waals surface area contributed by atoms with Crippen LogP contribution in [0.1, 0.15) is 33.6 Å². The highest BCUT2D eigenvalue weighted by Gasteiger charge is 2.46. The largest absolute Gasteiger partial charge is 0.460 e. The molecule has 0 spiro atoms. The van der Waals surface area contributed by atoms with Gasteiger partial charge in [-0.1, -0.05) is 6.08 Å². The van der Waals surface area contributed by atoms with Gasteiger partial charge in [0.25, 0.3) is 0 Å². The van der Waals surface area contributed by atoms with Gasteiger partial charge in [-0.05, 0) is 20.8 Å². The first-order chi connectivity index (χ1) is 8.27. The second-order valence-electron chi connectivity index (χ2n) is 5.36. The van der Waals surface area contributed by atoms with Crippen LogP contribution in [0.15, 0.2) is 12.7 Å². The molecule has 0 aromatic heterocycles. The van der Waals surface area contributed by atoms with Crippen LogP contribution in [0.2, 0.25) is 0 Å². The predicted molar refractivity (Wildman–Crippen MR) is 65.9 cm³/mol. The van der Waals surface area contributed by atoms with E-state index in [1.807, 2.05) is 0 Å². The maximum atomic E-state index is 11.7. The van der Waals surface area contributed by atoms with Crippen molar-refractivity contribution in [3.05, 3.63) is 12.7 Å². The van der Waals surface area contributed by atoms with Crippen molar-refractivity contribution in [1.82, 2.24) is 0 Å². The first-order valence-corrected chi connectivity index (χ1v) is 6.07. The van der Waals surface area contributed by atoms with E-state index >= 15 is 0 Å². The average Bonchev–Trinajstić information content (AvgIpc) is 2.53. The second kappa shape index (κ2) is 5.82. The normalized spacial score (nSPS) is 28.1. The molecule has 1 aliphatic rings. The Balaban J connectivity index is 2.57. The van der Waals surface area contributed by atoms with Gasteiger partial charge in [-0.25, -0.2) is 0 Å². The van der Waals surface area contributed by atoms with Crippen LogP contribution in [0.3, 0.4) is 0 Å². The number of aliphatic hydroxyl groups is 1. The molecular formula is C13H22O5. The van der Waals surface area contributed by atoms with Crippen LogP contribution >= 0.6 is 0 Å². The zero-order valence-electron chi connectivity index (χ0n) is 11.3. The number of carbonyl (C=O) groups is 1. The lowest BCUT2D eigenvalue weighted by molar-refractivity contribution is -0.231. The van der Waals surface area contributed by atoms with E-state index in [2.05, 4.69) is 6.58 Å². The van der Waals surface area contributed by atoms with Crippen LogP contribution < -0.4 is 0 Å². The van der Waals surface area contributed by atoms with Crippen molar-refractivity contribution in [2.45, 2.75) is 51.1 Å². The van der Waals surface area contributed by atoms with Crippen LogP contribution in [0.25, 0.3) is 0 Å². The molecule has 1 fully saturated rings. The Morgan fingerprint density at radius 1 is 1.61 bits per heavy atom. The fraction of sp³-hybridized carbons (Fsp3) is 0.769. The monoisotopic (exact) mass is 258 g/mol. The van der Waals surface area contributed by atoms with E-state index < -0.39 is 23.5 Å². The molecule has 0 amide bonds. The lowest BCUT2D eigenvalue weighted by Crippen LogP contribution is -2.44. The van der Waals surface area contributed by atoms with Crippen LogP contribution in [-0.4, -0.2) is 41.8 Å². The van der Waals surface area contributed by atoms with Gasteiger partial charge in [0.15, 0.2) is 0 Å². The fourth-order valence-electron chi connectivity index (χ4n) is 1.81. The quantitative estimate of drug-likeness (QED) is 0.596. The Hall–Kier alpha value is -0.910. The Morgan fingerprint density at radius 2 is 2.28 bits per heavy atom. The van der Waals surface area contributed by atoms with E-state index in [-0.39, 0.29) is 6.42 Å². The lowest BCUT2D eigenvalue weighted by atomic mass is 10.1. The van der Waals surface area contributed by atoms with Crippen LogP contribution in [0.4, 0.5) is 0 Å². The third-order valence-electron chi connectivity index (χ3n) is 2.47. The van der Waals surface area contributed by atoms with Crippen LogP contribution in [0.5, 0.6) is 0 Å². The van der Waals surface area contributed by atoms with Gasteiger partial charge in [0.1, 0.15) is 18.1 Å². The molecule has 0 aromatic carbocycles. The maximum absolute atomic E-state index is 11.7. The Bertz CT molecular complexity index is 307. The second-order valence-corrected chi connectivity index (χ2v) is 5.36. The zero-order valence-corrected chi connectivity index (χ0v) is 11.3. The first kappa shape index (κ1) is 15.1. The summed E-state index contributed by atoms with van der Waals surface area (Å²) in [5.41, 5.74) is -0.580. The highest BCUT2D eigenvalue weighted by atomic mass is 16.7. The van der Waals surface area contributed by atoms with Gasteiger partial charge in [0.05, 0.1) is 13.2 Å². The Morgan fingerprint density at radius 3 is 2.83 bits per heavy atom. The molecule has 0 bridgehead atoms. The van der Waals surface area contributed by atoms with Crippen molar-refractivity contribution in [3.8, 4) is 0 Å². The third-order valence-corrected chi connectivity index (χ3v) is 2.47. The van der Waals surface area contributed by atoms with E-state index in [1.165, 1.54) is 0 Å². The molecule has 104 valence electrons. The van der Waals surface area contributed by atoms with Gasteiger partial charge >= 0.3 is 5.97 Å². The van der Waals surface area contributed by atoms with E-state index in [1.54, 1.807) is 26.8 Å². The lowest BCUT2D eigenvalue weighted by Gasteiger charge is -2.29. The first-order valence-electron chi connectivity index (χ1n) is 6.07. The van der Waals surface area contributed by atoms with Gasteiger partial charge in [0, 0.05) is 6.42 Å². The summed E-state index contributed by atoms with van der Waals surface area (Å²) in [5.74, 6) is -2.09. The van der Waals surface area contributed by atoms with E-state index in [9.17, 15) is 9.90 Å². The Labute approximate surface area is 108 Å². The third kappa shape index (κ3) is 4.40. The van der Waals surface area contributed by atoms with Crippen LogP contribution in [0, 0.1) is 0 Å². The average molecular weight is 258 g/mol. The number of ether oxygens (including phenoxy) is 3. The van der Waals surface area contributed by atoms with Gasteiger partial charge < -0.3 is 19.3 Å². The highest BCUT2D eigenvalue weighted by Crippen LogP contribution is 2.30. The molecule has 2 unspecified atom stereocenters. The molecule has 1 aliphatic heterocycles. The van der Waals surface area contributed by atoms with E-state index in [0.29, 0.717) is 19.6 Å². The van der Waals surface area contributed by atoms with E-state index in [4.69, 9.17) is 14.2 Å². The molecule has 2 atom stereocenters. The summed E-state index contributed by atoms with van der Waals surface area (Å²) in [6, 6.07) is 0. The summed E-state index contributed by atoms with van der Waals surface area (Å²) in [4.78, 5) is 11.7. The molecule has 0 aliphatic carbocycles. The van der Waals surface area contributed by atoms with Crippen LogP contribution in [-0.2, 0) is 19.0 Å². The summed E-state index contributed by atoms with van der Waals surface area (Å²) < 4.78 is 15.8. The van der Waals surface area contributed by atoms with Gasteiger partial charge in [-0.2, -0.15) is 0 Å². The number of hydrogen-bond acceptors (Lipinski definition) is 5. The van der Waals surface area contributed by atoms with Gasteiger partial charge in [-0.15, -0.1) is 6.58 Å². The fourth-order valence-corrected chi connectivity index (χ4v) is 1.81. The molecule has 1 rings (SSSR count). The summed E-state index contributed by atoms with van der Waals surface area (Å²) in [5, 5.41) is 10.3. The summed E-state index contributed by atoms with van der Waals surface area (Å²) in [6.07, 6.45) is 1.38. The smallest absolute Gasteiger partial charge is 0.311 e. The SMILES string of the molecule is C=CCOC1CCOC1(O)CC(=O)OC(C)(C)C. The van der Waals surface area contributed by atoms with E-state index in [0.717, 1.165) is 0 Å². The van der Waals surface area contributed by atoms with Crippen molar-refractivity contribution in [1.29, 1.82) is 0 Å². The van der Waals surface area contributed by atoms with Crippen molar-refractivity contribution >= 4 is 5.97 Å². The molecule has 1 saturated heterocycles. The molecule has 18 heavy (non-hydrogen) atoms. The Kier molecular flexibility index (Phi) is 4.90. The highest BCUT2D eigenvalue weighted by molar-refractivity contribution is 5.71. The summed E-state index contributed by atoms with van der Waals surface area (Å²) in [6.45, 7) is 9.53. The molecule has 1 N–H and O–H groups in total. The topological polar surface area (TPSA) is 65.0 Å². The number of rotatable bonds is 5. The minimum Gasteiger partial charge on any atom is -0.460 e. The number of esters is 1. The molecule has 5 nitrogen and oxygen atoms in total. The van der Waals surface area contributed by atoms with Crippen molar-refractivity contribution < 1.29 is 24.1 Å². The predicted octanol–water partition coefficient (Wildman–Crippen LogP) is 1.40. The molecule has 0 radical (unpaired) electrons. The molecule has 1 heterocycles. The molecule has 0 aromatic rings. The van der Waals surface area contributed by atoms with Crippen molar-refractivity contribution in [2.24, 2.45) is 0 Å².